The minimum Gasteiger partial charge on any atom is -0.330 e. The number of nitrogens with zero attached hydrogens (tertiary/aromatic N) is 3. The van der Waals surface area contributed by atoms with Gasteiger partial charge in [-0.2, -0.15) is 0 Å². The van der Waals surface area contributed by atoms with Crippen molar-refractivity contribution in [2.75, 3.05) is 6.54 Å². The van der Waals surface area contributed by atoms with Gasteiger partial charge in [-0.1, -0.05) is 6.07 Å². The standard InChI is InChI=1S/C12H15BrN4S/c1-8-15-16-12(17(8)2)18-11-4-3-9(5-6-14)7-10(11)13/h3-4,7H,5-6,14H2,1-2H3. The van der Waals surface area contributed by atoms with Crippen LogP contribution >= 0.6 is 27.7 Å². The molecule has 6 heteroatoms. The van der Waals surface area contributed by atoms with Gasteiger partial charge < -0.3 is 10.3 Å². The minimum atomic E-state index is 0.668. The number of hydrogen-bond donors (Lipinski definition) is 1. The molecule has 0 atom stereocenters. The summed E-state index contributed by atoms with van der Waals surface area (Å²) in [6.45, 7) is 2.61. The van der Waals surface area contributed by atoms with Crippen LogP contribution in [0, 0.1) is 6.92 Å². The average Bonchev–Trinajstić information content (AvgIpc) is 2.65. The summed E-state index contributed by atoms with van der Waals surface area (Å²) in [7, 11) is 1.97. The van der Waals surface area contributed by atoms with Gasteiger partial charge in [-0.3, -0.25) is 0 Å². The number of halogens is 1. The zero-order chi connectivity index (χ0) is 13.1. The van der Waals surface area contributed by atoms with Crippen molar-refractivity contribution in [3.63, 3.8) is 0 Å². The first-order valence-corrected chi connectivity index (χ1v) is 7.25. The van der Waals surface area contributed by atoms with Crippen molar-refractivity contribution in [3.05, 3.63) is 34.1 Å². The fourth-order valence-electron chi connectivity index (χ4n) is 1.52. The molecule has 18 heavy (non-hydrogen) atoms. The Bertz CT molecular complexity index is 553. The van der Waals surface area contributed by atoms with E-state index in [0.29, 0.717) is 6.54 Å². The van der Waals surface area contributed by atoms with E-state index < -0.39 is 0 Å². The van der Waals surface area contributed by atoms with Gasteiger partial charge in [0.1, 0.15) is 5.82 Å². The second-order valence-electron chi connectivity index (χ2n) is 3.99. The molecule has 0 saturated carbocycles. The van der Waals surface area contributed by atoms with Crippen molar-refractivity contribution in [2.24, 2.45) is 12.8 Å². The number of rotatable bonds is 4. The molecular formula is C12H15BrN4S. The number of aryl methyl sites for hydroxylation is 1. The first-order chi connectivity index (χ1) is 8.61. The average molecular weight is 327 g/mol. The molecule has 4 nitrogen and oxygen atoms in total. The highest BCUT2D eigenvalue weighted by Crippen LogP contribution is 2.33. The van der Waals surface area contributed by atoms with Crippen LogP contribution in [0.15, 0.2) is 32.7 Å². The highest BCUT2D eigenvalue weighted by Gasteiger charge is 2.09. The van der Waals surface area contributed by atoms with E-state index in [4.69, 9.17) is 5.73 Å². The Labute approximate surface area is 119 Å². The molecule has 0 aliphatic rings. The van der Waals surface area contributed by atoms with Crippen LogP contribution in [-0.2, 0) is 13.5 Å². The SMILES string of the molecule is Cc1nnc(Sc2ccc(CCN)cc2Br)n1C. The van der Waals surface area contributed by atoms with E-state index in [1.807, 2.05) is 18.5 Å². The molecule has 96 valence electrons. The molecule has 0 saturated heterocycles. The Kier molecular flexibility index (Phi) is 4.42. The number of nitrogens with two attached hydrogens (primary N) is 1. The van der Waals surface area contributed by atoms with Gasteiger partial charge in [0.05, 0.1) is 0 Å². The van der Waals surface area contributed by atoms with Gasteiger partial charge in [-0.25, -0.2) is 0 Å². The summed E-state index contributed by atoms with van der Waals surface area (Å²) in [6.07, 6.45) is 0.895. The Morgan fingerprint density at radius 1 is 1.39 bits per heavy atom. The molecule has 0 spiro atoms. The molecule has 0 unspecified atom stereocenters. The molecule has 1 aromatic carbocycles. The minimum absolute atomic E-state index is 0.668. The first-order valence-electron chi connectivity index (χ1n) is 5.64. The molecule has 2 N–H and O–H groups in total. The van der Waals surface area contributed by atoms with E-state index in [2.05, 4.69) is 44.3 Å². The molecule has 1 aromatic heterocycles. The van der Waals surface area contributed by atoms with Crippen molar-refractivity contribution in [1.82, 2.24) is 14.8 Å². The lowest BCUT2D eigenvalue weighted by atomic mass is 10.2. The maximum absolute atomic E-state index is 5.55. The van der Waals surface area contributed by atoms with E-state index in [0.717, 1.165) is 26.8 Å². The lowest BCUT2D eigenvalue weighted by Gasteiger charge is -2.06. The van der Waals surface area contributed by atoms with E-state index in [-0.39, 0.29) is 0 Å². The number of aromatic nitrogens is 3. The molecule has 0 bridgehead atoms. The molecular weight excluding hydrogens is 312 g/mol. The third-order valence-corrected chi connectivity index (χ3v) is 4.72. The normalized spacial score (nSPS) is 10.9. The van der Waals surface area contributed by atoms with Crippen LogP contribution in [0.1, 0.15) is 11.4 Å². The largest absolute Gasteiger partial charge is 0.330 e. The molecule has 1 heterocycles. The van der Waals surface area contributed by atoms with E-state index in [9.17, 15) is 0 Å². The van der Waals surface area contributed by atoms with E-state index >= 15 is 0 Å². The van der Waals surface area contributed by atoms with Crippen molar-refractivity contribution < 1.29 is 0 Å². The molecule has 0 fully saturated rings. The molecule has 2 aromatic rings. The summed E-state index contributed by atoms with van der Waals surface area (Å²) >= 11 is 5.19. The van der Waals surface area contributed by atoms with Gasteiger partial charge in [0, 0.05) is 16.4 Å². The lowest BCUT2D eigenvalue weighted by molar-refractivity contribution is 0.765. The quantitative estimate of drug-likeness (QED) is 0.938. The van der Waals surface area contributed by atoms with Crippen molar-refractivity contribution in [1.29, 1.82) is 0 Å². The van der Waals surface area contributed by atoms with Gasteiger partial charge >= 0.3 is 0 Å². The summed E-state index contributed by atoms with van der Waals surface area (Å²) in [5, 5.41) is 9.08. The second-order valence-corrected chi connectivity index (χ2v) is 5.86. The molecule has 0 aliphatic heterocycles. The summed E-state index contributed by atoms with van der Waals surface area (Å²) < 4.78 is 3.05. The first kappa shape index (κ1) is 13.6. The summed E-state index contributed by atoms with van der Waals surface area (Å²) in [5.41, 5.74) is 6.79. The Balaban J connectivity index is 2.22. The van der Waals surface area contributed by atoms with Crippen molar-refractivity contribution >= 4 is 27.7 Å². The summed E-state index contributed by atoms with van der Waals surface area (Å²) in [6, 6.07) is 6.30. The highest BCUT2D eigenvalue weighted by molar-refractivity contribution is 9.10. The smallest absolute Gasteiger partial charge is 0.195 e. The number of benzene rings is 1. The molecule has 0 aliphatic carbocycles. The predicted octanol–water partition coefficient (Wildman–Crippen LogP) is 2.54. The molecule has 2 rings (SSSR count). The van der Waals surface area contributed by atoms with Crippen LogP contribution in [0.4, 0.5) is 0 Å². The lowest BCUT2D eigenvalue weighted by Crippen LogP contribution is -2.02. The third-order valence-electron chi connectivity index (χ3n) is 2.68. The van der Waals surface area contributed by atoms with Crippen LogP contribution in [-0.4, -0.2) is 21.3 Å². The highest BCUT2D eigenvalue weighted by atomic mass is 79.9. The maximum Gasteiger partial charge on any atom is 0.195 e. The van der Waals surface area contributed by atoms with E-state index in [1.54, 1.807) is 11.8 Å². The van der Waals surface area contributed by atoms with Crippen LogP contribution in [0.5, 0.6) is 0 Å². The molecule has 0 amide bonds. The van der Waals surface area contributed by atoms with E-state index in [1.165, 1.54) is 5.56 Å². The Morgan fingerprint density at radius 2 is 2.17 bits per heavy atom. The van der Waals surface area contributed by atoms with Crippen molar-refractivity contribution in [2.45, 2.75) is 23.4 Å². The predicted molar refractivity (Wildman–Crippen MR) is 76.8 cm³/mol. The van der Waals surface area contributed by atoms with Gasteiger partial charge in [0.25, 0.3) is 0 Å². The zero-order valence-electron chi connectivity index (χ0n) is 10.4. The van der Waals surface area contributed by atoms with Gasteiger partial charge in [0.2, 0.25) is 0 Å². The second kappa shape index (κ2) is 5.86. The summed E-state index contributed by atoms with van der Waals surface area (Å²) in [5.74, 6) is 0.911. The van der Waals surface area contributed by atoms with Gasteiger partial charge in [-0.15, -0.1) is 10.2 Å². The van der Waals surface area contributed by atoms with Gasteiger partial charge in [0.15, 0.2) is 5.16 Å². The van der Waals surface area contributed by atoms with Crippen LogP contribution in [0.2, 0.25) is 0 Å². The zero-order valence-corrected chi connectivity index (χ0v) is 12.8. The fourth-order valence-corrected chi connectivity index (χ4v) is 3.03. The van der Waals surface area contributed by atoms with Gasteiger partial charge in [-0.05, 0) is 65.3 Å². The Hall–Kier alpha value is -0.850. The number of hydrogen-bond acceptors (Lipinski definition) is 4. The topological polar surface area (TPSA) is 56.7 Å². The maximum atomic E-state index is 5.55. The monoisotopic (exact) mass is 326 g/mol. The Morgan fingerprint density at radius 3 is 2.72 bits per heavy atom. The van der Waals surface area contributed by atoms with Crippen LogP contribution in [0.25, 0.3) is 0 Å². The molecule has 0 radical (unpaired) electrons. The van der Waals surface area contributed by atoms with Crippen LogP contribution < -0.4 is 5.73 Å². The van der Waals surface area contributed by atoms with Crippen molar-refractivity contribution in [3.8, 4) is 0 Å². The summed E-state index contributed by atoms with van der Waals surface area (Å²) in [4.78, 5) is 1.13. The fraction of sp³-hybridized carbons (Fsp3) is 0.333. The third kappa shape index (κ3) is 2.93. The van der Waals surface area contributed by atoms with Crippen LogP contribution in [0.3, 0.4) is 0 Å².